The van der Waals surface area contributed by atoms with Gasteiger partial charge in [-0.25, -0.2) is 4.57 Å². The van der Waals surface area contributed by atoms with E-state index in [2.05, 4.69) is 5.16 Å². The summed E-state index contributed by atoms with van der Waals surface area (Å²) in [6.07, 6.45) is 1.45. The third-order valence-electron chi connectivity index (χ3n) is 4.46. The molecule has 4 rings (SSSR count). The molecule has 1 aromatic heterocycles. The van der Waals surface area contributed by atoms with Gasteiger partial charge in [-0.1, -0.05) is 5.16 Å². The Morgan fingerprint density at radius 1 is 0.935 bits per heavy atom. The number of aromatic nitrogens is 1. The van der Waals surface area contributed by atoms with Crippen molar-refractivity contribution in [2.24, 2.45) is 0 Å². The minimum absolute atomic E-state index is 0.0253. The van der Waals surface area contributed by atoms with Crippen molar-refractivity contribution in [3.8, 4) is 56.9 Å². The molecule has 0 atom stereocenters. The number of methoxy groups -OCH3 is 3. The highest BCUT2D eigenvalue weighted by Gasteiger charge is 2.26. The van der Waals surface area contributed by atoms with Gasteiger partial charge in [0.15, 0.2) is 28.8 Å². The zero-order chi connectivity index (χ0) is 22.2. The Labute approximate surface area is 176 Å². The Morgan fingerprint density at radius 2 is 1.65 bits per heavy atom. The highest BCUT2D eigenvalue weighted by atomic mass is 31.2. The van der Waals surface area contributed by atoms with Crippen molar-refractivity contribution < 1.29 is 47.1 Å². The molecule has 0 amide bonds. The molecule has 0 fully saturated rings. The summed E-state index contributed by atoms with van der Waals surface area (Å²) >= 11 is 0. The fourth-order valence-electron chi connectivity index (χ4n) is 3.20. The van der Waals surface area contributed by atoms with Gasteiger partial charge in [-0.05, 0) is 29.8 Å². The fraction of sp³-hybridized carbons (Fsp3) is 0.211. The maximum Gasteiger partial charge on any atom is 0.524 e. The molecule has 2 aromatic carbocycles. The number of nitrogens with zero attached hydrogens (tertiary/aromatic N) is 1. The summed E-state index contributed by atoms with van der Waals surface area (Å²) in [5, 5.41) is 3.87. The van der Waals surface area contributed by atoms with Crippen LogP contribution < -0.4 is 28.2 Å². The molecule has 164 valence electrons. The summed E-state index contributed by atoms with van der Waals surface area (Å²) in [6.45, 7) is 0.0666. The van der Waals surface area contributed by atoms with Gasteiger partial charge in [0.25, 0.3) is 0 Å². The van der Waals surface area contributed by atoms with Crippen LogP contribution in [0.2, 0.25) is 0 Å². The standard InChI is InChI=1S/C19H18NO10P/c1-24-13-4-10(5-16(18(13)26-3)30-31(21,22)23)12-8-20-29-17(12)11-6-14(25-2)19-15(7-11)27-9-28-19/h4-8H,9H2,1-3H3,(H2,21,22,23). The second-order valence-electron chi connectivity index (χ2n) is 6.27. The Kier molecular flexibility index (Phi) is 5.40. The molecule has 3 aromatic rings. The molecule has 2 heterocycles. The number of fused-ring (bicyclic) bond motifs is 1. The number of phosphoric acid groups is 1. The van der Waals surface area contributed by atoms with E-state index in [0.717, 1.165) is 0 Å². The first-order valence-electron chi connectivity index (χ1n) is 8.78. The normalized spacial score (nSPS) is 12.5. The first-order chi connectivity index (χ1) is 14.8. The highest BCUT2D eigenvalue weighted by Crippen LogP contribution is 2.50. The Balaban J connectivity index is 1.86. The van der Waals surface area contributed by atoms with E-state index in [4.69, 9.17) is 32.7 Å². The summed E-state index contributed by atoms with van der Waals surface area (Å²) < 4.78 is 48.5. The third-order valence-corrected chi connectivity index (χ3v) is 4.90. The first-order valence-corrected chi connectivity index (χ1v) is 10.3. The van der Waals surface area contributed by atoms with Gasteiger partial charge in [-0.2, -0.15) is 0 Å². The van der Waals surface area contributed by atoms with Crippen LogP contribution in [0.1, 0.15) is 0 Å². The number of benzene rings is 2. The van der Waals surface area contributed by atoms with Crippen molar-refractivity contribution in [2.45, 2.75) is 0 Å². The molecular formula is C19H18NO10P. The summed E-state index contributed by atoms with van der Waals surface area (Å²) in [5.41, 5.74) is 1.53. The van der Waals surface area contributed by atoms with Crippen LogP contribution >= 0.6 is 7.82 Å². The summed E-state index contributed by atoms with van der Waals surface area (Å²) in [6, 6.07) is 6.40. The van der Waals surface area contributed by atoms with Crippen LogP contribution in [-0.2, 0) is 4.57 Å². The molecule has 0 spiro atoms. The van der Waals surface area contributed by atoms with Crippen LogP contribution in [0.15, 0.2) is 35.0 Å². The average molecular weight is 451 g/mol. The number of phosphoric ester groups is 1. The molecule has 0 unspecified atom stereocenters. The topological polar surface area (TPSA) is 139 Å². The molecule has 0 bridgehead atoms. The van der Waals surface area contributed by atoms with E-state index in [1.807, 2.05) is 0 Å². The van der Waals surface area contributed by atoms with Gasteiger partial charge in [0.05, 0.1) is 27.5 Å². The number of ether oxygens (including phenoxy) is 5. The molecule has 0 saturated heterocycles. The lowest BCUT2D eigenvalue weighted by atomic mass is 10.0. The molecule has 31 heavy (non-hydrogen) atoms. The second-order valence-corrected chi connectivity index (χ2v) is 7.44. The molecule has 11 nitrogen and oxygen atoms in total. The van der Waals surface area contributed by atoms with Crippen LogP contribution in [0.25, 0.3) is 22.5 Å². The lowest BCUT2D eigenvalue weighted by molar-refractivity contribution is 0.171. The quantitative estimate of drug-likeness (QED) is 0.512. The Bertz CT molecular complexity index is 1170. The molecular weight excluding hydrogens is 433 g/mol. The zero-order valence-electron chi connectivity index (χ0n) is 16.6. The lowest BCUT2D eigenvalue weighted by Gasteiger charge is -2.16. The van der Waals surface area contributed by atoms with Crippen molar-refractivity contribution >= 4 is 7.82 Å². The van der Waals surface area contributed by atoms with Crippen LogP contribution in [0.4, 0.5) is 0 Å². The van der Waals surface area contributed by atoms with Crippen LogP contribution in [0.5, 0.6) is 34.5 Å². The van der Waals surface area contributed by atoms with Crippen molar-refractivity contribution in [2.75, 3.05) is 28.1 Å². The van der Waals surface area contributed by atoms with E-state index in [-0.39, 0.29) is 24.0 Å². The van der Waals surface area contributed by atoms with E-state index in [1.54, 1.807) is 18.2 Å². The number of rotatable bonds is 7. The summed E-state index contributed by atoms with van der Waals surface area (Å²) in [4.78, 5) is 18.6. The van der Waals surface area contributed by atoms with E-state index in [0.29, 0.717) is 39.7 Å². The summed E-state index contributed by atoms with van der Waals surface area (Å²) in [5.74, 6) is 1.78. The first kappa shape index (κ1) is 20.9. The van der Waals surface area contributed by atoms with E-state index in [1.165, 1.54) is 33.6 Å². The van der Waals surface area contributed by atoms with Crippen LogP contribution in [0, 0.1) is 0 Å². The minimum Gasteiger partial charge on any atom is -0.493 e. The van der Waals surface area contributed by atoms with Crippen LogP contribution in [-0.4, -0.2) is 43.1 Å². The second kappa shape index (κ2) is 8.03. The average Bonchev–Trinajstić information content (AvgIpc) is 3.40. The highest BCUT2D eigenvalue weighted by molar-refractivity contribution is 7.46. The SMILES string of the molecule is COc1cc(-c2cnoc2-c2cc(OC)c3c(c2)OCO3)cc(OP(=O)(O)O)c1OC. The zero-order valence-corrected chi connectivity index (χ0v) is 17.5. The molecule has 1 aliphatic rings. The number of hydrogen-bond acceptors (Lipinski definition) is 9. The minimum atomic E-state index is -4.87. The molecule has 0 radical (unpaired) electrons. The Hall–Kier alpha value is -3.40. The lowest BCUT2D eigenvalue weighted by Crippen LogP contribution is -1.98. The molecule has 2 N–H and O–H groups in total. The molecule has 0 aliphatic carbocycles. The van der Waals surface area contributed by atoms with E-state index in [9.17, 15) is 14.4 Å². The predicted molar refractivity (Wildman–Crippen MR) is 106 cm³/mol. The van der Waals surface area contributed by atoms with Gasteiger partial charge in [-0.15, -0.1) is 0 Å². The van der Waals surface area contributed by atoms with Gasteiger partial charge in [0, 0.05) is 11.1 Å². The largest absolute Gasteiger partial charge is 0.524 e. The van der Waals surface area contributed by atoms with Gasteiger partial charge in [0.1, 0.15) is 0 Å². The third kappa shape index (κ3) is 3.98. The van der Waals surface area contributed by atoms with Gasteiger partial charge in [0.2, 0.25) is 18.3 Å². The van der Waals surface area contributed by atoms with E-state index >= 15 is 0 Å². The van der Waals surface area contributed by atoms with Crippen molar-refractivity contribution in [1.29, 1.82) is 0 Å². The monoisotopic (exact) mass is 451 g/mol. The molecule has 0 saturated carbocycles. The summed E-state index contributed by atoms with van der Waals surface area (Å²) in [7, 11) is -0.648. The van der Waals surface area contributed by atoms with Crippen molar-refractivity contribution in [1.82, 2.24) is 5.16 Å². The van der Waals surface area contributed by atoms with Gasteiger partial charge >= 0.3 is 7.82 Å². The fourth-order valence-corrected chi connectivity index (χ4v) is 3.59. The van der Waals surface area contributed by atoms with Gasteiger partial charge in [-0.3, -0.25) is 9.79 Å². The maximum absolute atomic E-state index is 11.4. The van der Waals surface area contributed by atoms with Gasteiger partial charge < -0.3 is 32.7 Å². The van der Waals surface area contributed by atoms with Crippen molar-refractivity contribution in [3.05, 3.63) is 30.5 Å². The molecule has 12 heteroatoms. The van der Waals surface area contributed by atoms with E-state index < -0.39 is 7.82 Å². The molecule has 1 aliphatic heterocycles. The maximum atomic E-state index is 11.4. The smallest absolute Gasteiger partial charge is 0.493 e. The number of hydrogen-bond donors (Lipinski definition) is 2. The van der Waals surface area contributed by atoms with Crippen molar-refractivity contribution in [3.63, 3.8) is 0 Å². The predicted octanol–water partition coefficient (Wildman–Crippen LogP) is 3.23. The van der Waals surface area contributed by atoms with Crippen LogP contribution in [0.3, 0.4) is 0 Å². The Morgan fingerprint density at radius 3 is 2.32 bits per heavy atom.